The van der Waals surface area contributed by atoms with E-state index in [1.165, 1.54) is 0 Å². The topological polar surface area (TPSA) is 68.3 Å². The van der Waals surface area contributed by atoms with Gasteiger partial charge < -0.3 is 9.47 Å². The molecule has 0 radical (unpaired) electrons. The molecule has 2 saturated heterocycles. The molecule has 33 heavy (non-hydrogen) atoms. The second-order valence-corrected chi connectivity index (χ2v) is 8.19. The fraction of sp³-hybridized carbons (Fsp3) is 0.200. The summed E-state index contributed by atoms with van der Waals surface area (Å²) < 4.78 is 11.0. The number of ether oxygens (including phenoxy) is 2. The van der Waals surface area contributed by atoms with E-state index in [0.717, 1.165) is 10.6 Å². The molecule has 0 saturated carbocycles. The Bertz CT molecular complexity index is 1220. The Morgan fingerprint density at radius 3 is 2.30 bits per heavy atom. The number of hydrogen-bond donors (Lipinski definition) is 0. The van der Waals surface area contributed by atoms with Crippen LogP contribution in [-0.2, 0) is 14.4 Å². The predicted octanol–water partition coefficient (Wildman–Crippen LogP) is 4.41. The van der Waals surface area contributed by atoms with E-state index in [-0.39, 0.29) is 5.91 Å². The molecule has 2 amide bonds. The molecule has 7 nitrogen and oxygen atoms in total. The fourth-order valence-electron chi connectivity index (χ4n) is 4.46. The first-order valence-electron chi connectivity index (χ1n) is 10.4. The lowest BCUT2D eigenvalue weighted by atomic mass is 9.90. The SMILES string of the molecule is COc1ccc([C@@H]2[C@@H]3C(=O)N(c4cccc(Cl)c4)C(=O)[C@@H]3ON2c2ccccc2)c(OC)c1. The van der Waals surface area contributed by atoms with Gasteiger partial charge in [-0.25, -0.2) is 9.96 Å². The van der Waals surface area contributed by atoms with Gasteiger partial charge in [-0.05, 0) is 42.5 Å². The Hall–Kier alpha value is -3.55. The molecule has 0 N–H and O–H groups in total. The monoisotopic (exact) mass is 464 g/mol. The molecule has 0 spiro atoms. The average molecular weight is 465 g/mol. The van der Waals surface area contributed by atoms with E-state index in [9.17, 15) is 9.59 Å². The molecule has 3 atom stereocenters. The van der Waals surface area contributed by atoms with Crippen molar-refractivity contribution in [3.63, 3.8) is 0 Å². The summed E-state index contributed by atoms with van der Waals surface area (Å²) in [6.45, 7) is 0. The zero-order valence-electron chi connectivity index (χ0n) is 18.0. The zero-order chi connectivity index (χ0) is 23.1. The first-order valence-corrected chi connectivity index (χ1v) is 10.8. The van der Waals surface area contributed by atoms with Crippen molar-refractivity contribution in [2.24, 2.45) is 5.92 Å². The minimum atomic E-state index is -0.978. The maximum atomic E-state index is 13.7. The number of fused-ring (bicyclic) bond motifs is 1. The van der Waals surface area contributed by atoms with E-state index in [1.807, 2.05) is 36.4 Å². The van der Waals surface area contributed by atoms with Crippen molar-refractivity contribution in [2.45, 2.75) is 12.1 Å². The molecule has 2 aliphatic rings. The summed E-state index contributed by atoms with van der Waals surface area (Å²) >= 11 is 6.12. The quantitative estimate of drug-likeness (QED) is 0.521. The Balaban J connectivity index is 1.62. The highest BCUT2D eigenvalue weighted by Gasteiger charge is 2.60. The van der Waals surface area contributed by atoms with Gasteiger partial charge in [0.25, 0.3) is 5.91 Å². The largest absolute Gasteiger partial charge is 0.497 e. The van der Waals surface area contributed by atoms with Gasteiger partial charge >= 0.3 is 0 Å². The van der Waals surface area contributed by atoms with E-state index in [2.05, 4.69) is 0 Å². The van der Waals surface area contributed by atoms with Crippen molar-refractivity contribution in [3.05, 3.63) is 83.4 Å². The summed E-state index contributed by atoms with van der Waals surface area (Å²) in [7, 11) is 3.12. The number of nitrogens with zero attached hydrogens (tertiary/aromatic N) is 2. The van der Waals surface area contributed by atoms with E-state index >= 15 is 0 Å². The molecule has 2 fully saturated rings. The van der Waals surface area contributed by atoms with Gasteiger partial charge in [0, 0.05) is 16.7 Å². The van der Waals surface area contributed by atoms with Gasteiger partial charge in [0.05, 0.1) is 31.6 Å². The lowest BCUT2D eigenvalue weighted by Crippen LogP contribution is -2.37. The third-order valence-electron chi connectivity index (χ3n) is 5.95. The number of imide groups is 1. The highest BCUT2D eigenvalue weighted by Crippen LogP contribution is 2.50. The summed E-state index contributed by atoms with van der Waals surface area (Å²) in [4.78, 5) is 34.4. The highest BCUT2D eigenvalue weighted by atomic mass is 35.5. The molecule has 5 rings (SSSR count). The molecule has 0 aliphatic carbocycles. The van der Waals surface area contributed by atoms with Crippen LogP contribution < -0.4 is 19.4 Å². The predicted molar refractivity (Wildman–Crippen MR) is 124 cm³/mol. The minimum Gasteiger partial charge on any atom is -0.497 e. The molecule has 8 heteroatoms. The van der Waals surface area contributed by atoms with Crippen LogP contribution in [0, 0.1) is 5.92 Å². The number of methoxy groups -OCH3 is 2. The van der Waals surface area contributed by atoms with Crippen LogP contribution in [0.25, 0.3) is 0 Å². The smallest absolute Gasteiger partial charge is 0.266 e. The number of hydroxylamine groups is 1. The second kappa shape index (κ2) is 8.42. The van der Waals surface area contributed by atoms with E-state index in [0.29, 0.717) is 27.8 Å². The summed E-state index contributed by atoms with van der Waals surface area (Å²) in [6, 6.07) is 20.8. The van der Waals surface area contributed by atoms with E-state index in [4.69, 9.17) is 25.9 Å². The van der Waals surface area contributed by atoms with Gasteiger partial charge in [-0.3, -0.25) is 14.4 Å². The Morgan fingerprint density at radius 2 is 1.61 bits per heavy atom. The molecule has 2 aliphatic heterocycles. The zero-order valence-corrected chi connectivity index (χ0v) is 18.7. The number of carbonyl (C=O) groups excluding carboxylic acids is 2. The maximum Gasteiger partial charge on any atom is 0.266 e. The molecule has 168 valence electrons. The molecule has 0 bridgehead atoms. The van der Waals surface area contributed by atoms with Crippen molar-refractivity contribution in [1.29, 1.82) is 0 Å². The summed E-state index contributed by atoms with van der Waals surface area (Å²) in [5.74, 6) is -0.409. The third kappa shape index (κ3) is 3.50. The molecule has 0 aromatic heterocycles. The number of anilines is 2. The first-order chi connectivity index (χ1) is 16.0. The normalized spacial score (nSPS) is 22.0. The van der Waals surface area contributed by atoms with Gasteiger partial charge in [0.1, 0.15) is 17.4 Å². The molecule has 3 aromatic rings. The number of para-hydroxylation sites is 1. The lowest BCUT2D eigenvalue weighted by Gasteiger charge is -2.29. The molecular formula is C25H21ClN2O5. The van der Waals surface area contributed by atoms with Crippen LogP contribution in [-0.4, -0.2) is 32.1 Å². The molecular weight excluding hydrogens is 444 g/mol. The van der Waals surface area contributed by atoms with E-state index < -0.39 is 24.0 Å². The highest BCUT2D eigenvalue weighted by molar-refractivity contribution is 6.31. The Morgan fingerprint density at radius 1 is 0.848 bits per heavy atom. The van der Waals surface area contributed by atoms with Gasteiger partial charge in [0.2, 0.25) is 5.91 Å². The van der Waals surface area contributed by atoms with Crippen molar-refractivity contribution in [3.8, 4) is 11.5 Å². The van der Waals surface area contributed by atoms with Crippen molar-refractivity contribution < 1.29 is 23.9 Å². The van der Waals surface area contributed by atoms with Crippen molar-refractivity contribution >= 4 is 34.8 Å². The maximum absolute atomic E-state index is 13.7. The summed E-state index contributed by atoms with van der Waals surface area (Å²) in [5.41, 5.74) is 1.86. The number of amides is 2. The van der Waals surface area contributed by atoms with Crippen LogP contribution >= 0.6 is 11.6 Å². The van der Waals surface area contributed by atoms with Crippen LogP contribution in [0.1, 0.15) is 11.6 Å². The van der Waals surface area contributed by atoms with E-state index in [1.54, 1.807) is 55.7 Å². The fourth-order valence-corrected chi connectivity index (χ4v) is 4.65. The van der Waals surface area contributed by atoms with Gasteiger partial charge in [-0.15, -0.1) is 0 Å². The molecule has 2 heterocycles. The van der Waals surface area contributed by atoms with Crippen LogP contribution in [0.4, 0.5) is 11.4 Å². The van der Waals surface area contributed by atoms with Crippen molar-refractivity contribution in [2.75, 3.05) is 24.2 Å². The van der Waals surface area contributed by atoms with Crippen molar-refractivity contribution in [1.82, 2.24) is 0 Å². The van der Waals surface area contributed by atoms with Gasteiger partial charge in [0.15, 0.2) is 6.10 Å². The minimum absolute atomic E-state index is 0.353. The standard InChI is InChI=1S/C25H21ClN2O5/c1-31-18-11-12-19(20(14-18)32-2)22-21-23(33-28(22)16-8-4-3-5-9-16)25(30)27(24(21)29)17-10-6-7-15(26)13-17/h3-14,21-23H,1-2H3/t21-,22+,23+/m0/s1. The summed E-state index contributed by atoms with van der Waals surface area (Å²) in [5, 5.41) is 2.07. The second-order valence-electron chi connectivity index (χ2n) is 7.76. The number of rotatable bonds is 5. The average Bonchev–Trinajstić information content (AvgIpc) is 3.35. The Kier molecular flexibility index (Phi) is 5.44. The van der Waals surface area contributed by atoms with Crippen LogP contribution in [0.5, 0.6) is 11.5 Å². The first kappa shape index (κ1) is 21.3. The van der Waals surface area contributed by atoms with Gasteiger partial charge in [-0.1, -0.05) is 35.9 Å². The summed E-state index contributed by atoms with van der Waals surface area (Å²) in [6.07, 6.45) is -0.978. The lowest BCUT2D eigenvalue weighted by molar-refractivity contribution is -0.126. The third-order valence-corrected chi connectivity index (χ3v) is 6.19. The number of hydrogen-bond acceptors (Lipinski definition) is 6. The van der Waals surface area contributed by atoms with Crippen LogP contribution in [0.2, 0.25) is 5.02 Å². The molecule has 0 unspecified atom stereocenters. The Labute approximate surface area is 196 Å². The number of halogens is 1. The number of benzene rings is 3. The van der Waals surface area contributed by atoms with Gasteiger partial charge in [-0.2, -0.15) is 0 Å². The van der Waals surface area contributed by atoms with Crippen LogP contribution in [0.15, 0.2) is 72.8 Å². The molecule has 3 aromatic carbocycles. The van der Waals surface area contributed by atoms with Crippen LogP contribution in [0.3, 0.4) is 0 Å². The number of carbonyl (C=O) groups is 2.